The molecule has 1 unspecified atom stereocenters. The van der Waals surface area contributed by atoms with Gasteiger partial charge in [0, 0.05) is 24.7 Å². The van der Waals surface area contributed by atoms with E-state index in [0.29, 0.717) is 6.07 Å². The van der Waals surface area contributed by atoms with Crippen LogP contribution in [0.5, 0.6) is 0 Å². The van der Waals surface area contributed by atoms with Crippen molar-refractivity contribution >= 4 is 20.0 Å². The second-order valence-electron chi connectivity index (χ2n) is 7.07. The van der Waals surface area contributed by atoms with Gasteiger partial charge in [0.05, 0.1) is 15.8 Å². The standard InChI is InChI=1S/C20H26F2N2O4S2/c1-5-24(6-2)30(27,28)17-9-7-8-16(13-17)29(25,26)23-20(14(3)4)18-11-10-15(21)12-19(18)22/h7-14,20,23H,5-6H2,1-4H3. The molecule has 6 nitrogen and oxygen atoms in total. The van der Waals surface area contributed by atoms with Crippen LogP contribution in [-0.2, 0) is 20.0 Å². The lowest BCUT2D eigenvalue weighted by atomic mass is 9.96. The van der Waals surface area contributed by atoms with E-state index < -0.39 is 37.7 Å². The van der Waals surface area contributed by atoms with Crippen molar-refractivity contribution in [1.29, 1.82) is 0 Å². The van der Waals surface area contributed by atoms with Crippen molar-refractivity contribution < 1.29 is 25.6 Å². The Bertz CT molecular complexity index is 1100. The molecule has 10 heteroatoms. The van der Waals surface area contributed by atoms with Crippen molar-refractivity contribution in [2.24, 2.45) is 5.92 Å². The van der Waals surface area contributed by atoms with Crippen LogP contribution in [0.4, 0.5) is 8.78 Å². The van der Waals surface area contributed by atoms with Crippen LogP contribution in [0.2, 0.25) is 0 Å². The Morgan fingerprint density at radius 2 is 1.53 bits per heavy atom. The number of benzene rings is 2. The van der Waals surface area contributed by atoms with Crippen molar-refractivity contribution in [2.75, 3.05) is 13.1 Å². The number of sulfonamides is 2. The van der Waals surface area contributed by atoms with Crippen LogP contribution in [0.1, 0.15) is 39.3 Å². The largest absolute Gasteiger partial charge is 0.243 e. The van der Waals surface area contributed by atoms with Crippen molar-refractivity contribution in [3.8, 4) is 0 Å². The second kappa shape index (κ2) is 9.51. The molecule has 0 aliphatic heterocycles. The molecule has 0 heterocycles. The number of hydrogen-bond donors (Lipinski definition) is 1. The molecular formula is C20H26F2N2O4S2. The fourth-order valence-corrected chi connectivity index (χ4v) is 6.05. The molecule has 2 aromatic carbocycles. The highest BCUT2D eigenvalue weighted by Crippen LogP contribution is 2.28. The maximum Gasteiger partial charge on any atom is 0.243 e. The molecular weight excluding hydrogens is 434 g/mol. The summed E-state index contributed by atoms with van der Waals surface area (Å²) in [5.74, 6) is -1.99. The van der Waals surface area contributed by atoms with Gasteiger partial charge < -0.3 is 0 Å². The van der Waals surface area contributed by atoms with Gasteiger partial charge in [-0.2, -0.15) is 4.31 Å². The van der Waals surface area contributed by atoms with E-state index in [4.69, 9.17) is 0 Å². The molecule has 0 spiro atoms. The summed E-state index contributed by atoms with van der Waals surface area (Å²) in [6, 6.07) is 6.98. The molecule has 1 N–H and O–H groups in total. The minimum absolute atomic E-state index is 0.00175. The van der Waals surface area contributed by atoms with Crippen LogP contribution in [-0.4, -0.2) is 34.2 Å². The maximum absolute atomic E-state index is 14.3. The Hall–Kier alpha value is -1.88. The molecule has 0 radical (unpaired) electrons. The Kier molecular flexibility index (Phi) is 7.73. The van der Waals surface area contributed by atoms with Crippen molar-refractivity contribution in [3.63, 3.8) is 0 Å². The Morgan fingerprint density at radius 3 is 2.07 bits per heavy atom. The lowest BCUT2D eigenvalue weighted by Crippen LogP contribution is -2.33. The van der Waals surface area contributed by atoms with Gasteiger partial charge >= 0.3 is 0 Å². The number of rotatable bonds is 9. The van der Waals surface area contributed by atoms with Crippen LogP contribution in [0.25, 0.3) is 0 Å². The van der Waals surface area contributed by atoms with E-state index in [1.807, 2.05) is 0 Å². The normalized spacial score (nSPS) is 13.7. The summed E-state index contributed by atoms with van der Waals surface area (Å²) in [6.07, 6.45) is 0. The SMILES string of the molecule is CCN(CC)S(=O)(=O)c1cccc(S(=O)(=O)NC(c2ccc(F)cc2F)C(C)C)c1. The van der Waals surface area contributed by atoms with Gasteiger partial charge in [0.1, 0.15) is 11.6 Å². The van der Waals surface area contributed by atoms with E-state index in [2.05, 4.69) is 4.72 Å². The van der Waals surface area contributed by atoms with Crippen LogP contribution in [0, 0.1) is 17.6 Å². The van der Waals surface area contributed by atoms with Gasteiger partial charge in [0.15, 0.2) is 0 Å². The highest BCUT2D eigenvalue weighted by molar-refractivity contribution is 7.90. The van der Waals surface area contributed by atoms with Gasteiger partial charge in [-0.05, 0) is 30.2 Å². The van der Waals surface area contributed by atoms with Crippen molar-refractivity contribution in [1.82, 2.24) is 9.03 Å². The molecule has 0 aliphatic rings. The van der Waals surface area contributed by atoms with Crippen LogP contribution in [0.3, 0.4) is 0 Å². The topological polar surface area (TPSA) is 83.6 Å². The van der Waals surface area contributed by atoms with E-state index in [1.165, 1.54) is 28.6 Å². The third-order valence-electron chi connectivity index (χ3n) is 4.71. The summed E-state index contributed by atoms with van der Waals surface area (Å²) < 4.78 is 82.6. The molecule has 0 bridgehead atoms. The summed E-state index contributed by atoms with van der Waals surface area (Å²) in [6.45, 7) is 7.25. The molecule has 0 aliphatic carbocycles. The third-order valence-corrected chi connectivity index (χ3v) is 8.19. The summed E-state index contributed by atoms with van der Waals surface area (Å²) in [4.78, 5) is -0.410. The fourth-order valence-electron chi connectivity index (χ4n) is 3.06. The first-order valence-corrected chi connectivity index (χ1v) is 12.4. The minimum atomic E-state index is -4.19. The smallest absolute Gasteiger partial charge is 0.207 e. The number of hydrogen-bond acceptors (Lipinski definition) is 4. The number of halogens is 2. The van der Waals surface area contributed by atoms with Gasteiger partial charge in [0.2, 0.25) is 20.0 Å². The van der Waals surface area contributed by atoms with Gasteiger partial charge in [-0.15, -0.1) is 0 Å². The predicted octanol–water partition coefficient (Wildman–Crippen LogP) is 3.67. The molecule has 0 amide bonds. The molecule has 0 saturated carbocycles. The zero-order valence-electron chi connectivity index (χ0n) is 17.3. The maximum atomic E-state index is 14.3. The molecule has 2 aromatic rings. The van der Waals surface area contributed by atoms with E-state index in [0.717, 1.165) is 12.1 Å². The van der Waals surface area contributed by atoms with Gasteiger partial charge in [-0.3, -0.25) is 0 Å². The molecule has 2 rings (SSSR count). The monoisotopic (exact) mass is 460 g/mol. The van der Waals surface area contributed by atoms with Crippen LogP contribution < -0.4 is 4.72 Å². The highest BCUT2D eigenvalue weighted by Gasteiger charge is 2.28. The first-order chi connectivity index (χ1) is 13.9. The zero-order valence-corrected chi connectivity index (χ0v) is 18.9. The Labute approximate surface area is 177 Å². The number of nitrogens with zero attached hydrogens (tertiary/aromatic N) is 1. The quantitative estimate of drug-likeness (QED) is 0.619. The van der Waals surface area contributed by atoms with Gasteiger partial charge in [-0.1, -0.05) is 39.8 Å². The molecule has 0 saturated heterocycles. The van der Waals surface area contributed by atoms with Gasteiger partial charge in [-0.25, -0.2) is 30.3 Å². The van der Waals surface area contributed by atoms with Crippen molar-refractivity contribution in [2.45, 2.75) is 43.5 Å². The predicted molar refractivity (Wildman–Crippen MR) is 111 cm³/mol. The Morgan fingerprint density at radius 1 is 0.933 bits per heavy atom. The van der Waals surface area contributed by atoms with Crippen molar-refractivity contribution in [3.05, 3.63) is 59.7 Å². The zero-order chi connectivity index (χ0) is 22.7. The summed E-state index contributed by atoms with van der Waals surface area (Å²) in [7, 11) is -8.05. The molecule has 1 atom stereocenters. The molecule has 166 valence electrons. The third kappa shape index (κ3) is 5.23. The molecule has 0 aromatic heterocycles. The first kappa shape index (κ1) is 24.4. The van der Waals surface area contributed by atoms with E-state index in [1.54, 1.807) is 27.7 Å². The summed E-state index contributed by atoms with van der Waals surface area (Å²) in [5.41, 5.74) is 0.00175. The number of nitrogens with one attached hydrogen (secondary N) is 1. The van der Waals surface area contributed by atoms with Gasteiger partial charge in [0.25, 0.3) is 0 Å². The molecule has 30 heavy (non-hydrogen) atoms. The van der Waals surface area contributed by atoms with Crippen LogP contribution in [0.15, 0.2) is 52.3 Å². The minimum Gasteiger partial charge on any atom is -0.207 e. The first-order valence-electron chi connectivity index (χ1n) is 9.51. The van der Waals surface area contributed by atoms with E-state index in [9.17, 15) is 25.6 Å². The van der Waals surface area contributed by atoms with Crippen LogP contribution >= 0.6 is 0 Å². The highest BCUT2D eigenvalue weighted by atomic mass is 32.2. The lowest BCUT2D eigenvalue weighted by molar-refractivity contribution is 0.441. The average molecular weight is 461 g/mol. The van der Waals surface area contributed by atoms with E-state index >= 15 is 0 Å². The molecule has 0 fully saturated rings. The fraction of sp³-hybridized carbons (Fsp3) is 0.400. The lowest BCUT2D eigenvalue weighted by Gasteiger charge is -2.24. The summed E-state index contributed by atoms with van der Waals surface area (Å²) >= 11 is 0. The Balaban J connectivity index is 2.46. The summed E-state index contributed by atoms with van der Waals surface area (Å²) in [5, 5.41) is 0. The average Bonchev–Trinajstić information content (AvgIpc) is 2.67. The van der Waals surface area contributed by atoms with E-state index in [-0.39, 0.29) is 34.4 Å². The second-order valence-corrected chi connectivity index (χ2v) is 10.7.